The second-order valence-corrected chi connectivity index (χ2v) is 6.01. The van der Waals surface area contributed by atoms with Gasteiger partial charge >= 0.3 is 0 Å². The van der Waals surface area contributed by atoms with Gasteiger partial charge in [-0.05, 0) is 45.0 Å². The van der Waals surface area contributed by atoms with Crippen LogP contribution in [0.25, 0.3) is 0 Å². The molecule has 160 valence electrons. The van der Waals surface area contributed by atoms with Gasteiger partial charge in [-0.25, -0.2) is 0 Å². The number of nitrogen functional groups attached to an aromatic ring is 1. The van der Waals surface area contributed by atoms with E-state index in [-0.39, 0.29) is 23.1 Å². The van der Waals surface area contributed by atoms with Crippen LogP contribution in [0.5, 0.6) is 0 Å². The van der Waals surface area contributed by atoms with Gasteiger partial charge in [-0.3, -0.25) is 14.6 Å². The van der Waals surface area contributed by atoms with Crippen molar-refractivity contribution in [3.63, 3.8) is 0 Å². The van der Waals surface area contributed by atoms with Gasteiger partial charge in [-0.15, -0.1) is 0 Å². The average Bonchev–Trinajstić information content (AvgIpc) is 2.73. The molecule has 30 heavy (non-hydrogen) atoms. The fourth-order valence-corrected chi connectivity index (χ4v) is 1.94. The summed E-state index contributed by atoms with van der Waals surface area (Å²) in [4.78, 5) is 26.8. The van der Waals surface area contributed by atoms with Gasteiger partial charge in [-0.2, -0.15) is 0 Å². The molecule has 1 unspecified atom stereocenters. The van der Waals surface area contributed by atoms with Gasteiger partial charge in [0.1, 0.15) is 0 Å². The van der Waals surface area contributed by atoms with Crippen LogP contribution in [0, 0.1) is 11.3 Å². The average molecular weight is 410 g/mol. The topological polar surface area (TPSA) is 134 Å². The third-order valence-electron chi connectivity index (χ3n) is 3.71. The van der Waals surface area contributed by atoms with Gasteiger partial charge < -0.3 is 22.2 Å². The maximum atomic E-state index is 11.6. The molecule has 0 bridgehead atoms. The van der Waals surface area contributed by atoms with Crippen molar-refractivity contribution < 1.29 is 9.59 Å². The fourth-order valence-electron chi connectivity index (χ4n) is 1.94. The van der Waals surface area contributed by atoms with Crippen molar-refractivity contribution in [3.05, 3.63) is 78.2 Å². The molecular formula is C23H31N5O2. The van der Waals surface area contributed by atoms with Crippen LogP contribution in [0.15, 0.2) is 72.0 Å². The summed E-state index contributed by atoms with van der Waals surface area (Å²) in [6, 6.07) is 4.56. The molecule has 1 atom stereocenters. The normalized spacial score (nSPS) is 12.5. The summed E-state index contributed by atoms with van der Waals surface area (Å²) >= 11 is 0. The highest BCUT2D eigenvalue weighted by Gasteiger charge is 2.13. The first-order valence-electron chi connectivity index (χ1n) is 9.42. The largest absolute Gasteiger partial charge is 0.398 e. The van der Waals surface area contributed by atoms with Crippen molar-refractivity contribution >= 4 is 29.4 Å². The van der Waals surface area contributed by atoms with Crippen LogP contribution in [0.1, 0.15) is 43.6 Å². The summed E-state index contributed by atoms with van der Waals surface area (Å²) < 4.78 is 0. The second kappa shape index (κ2) is 15.2. The molecule has 0 fully saturated rings. The van der Waals surface area contributed by atoms with E-state index < -0.39 is 5.91 Å². The standard InChI is InChI=1S/C19H23N5O2.C4H8/c1-3-23-10-5-4-6-17(25)24-11-9-13(2)18(21)15-12-14(19(22)26)7-8-16(15)20;1-3-4-2/h3-13,21H,20H2,1-2H3,(H2,22,26)(H,24,25);3-4H,1-2H3/b6-4+,10-5-,11-9+,21-18?,23-3?;4-3-. The number of allylic oxidation sites excluding steroid dienone is 5. The summed E-state index contributed by atoms with van der Waals surface area (Å²) in [6.07, 6.45) is 14.9. The van der Waals surface area contributed by atoms with E-state index in [9.17, 15) is 9.59 Å². The molecule has 0 saturated carbocycles. The first-order chi connectivity index (χ1) is 14.3. The summed E-state index contributed by atoms with van der Waals surface area (Å²) in [6.45, 7) is 7.57. The van der Waals surface area contributed by atoms with Crippen LogP contribution in [0.3, 0.4) is 0 Å². The first kappa shape index (κ1) is 26.3. The molecule has 0 aliphatic rings. The number of amides is 2. The van der Waals surface area contributed by atoms with E-state index in [1.54, 1.807) is 50.6 Å². The van der Waals surface area contributed by atoms with Gasteiger partial charge in [0.2, 0.25) is 11.8 Å². The van der Waals surface area contributed by atoms with Crippen LogP contribution in [-0.4, -0.2) is 23.7 Å². The zero-order chi connectivity index (χ0) is 22.9. The molecule has 1 aromatic carbocycles. The number of anilines is 1. The Hall–Kier alpha value is -3.74. The van der Waals surface area contributed by atoms with E-state index in [0.29, 0.717) is 11.3 Å². The van der Waals surface area contributed by atoms with Gasteiger partial charge in [0.25, 0.3) is 0 Å². The molecule has 7 nitrogen and oxygen atoms in total. The number of nitrogens with one attached hydrogen (secondary N) is 2. The Labute approximate surface area is 178 Å². The van der Waals surface area contributed by atoms with E-state index in [4.69, 9.17) is 16.9 Å². The van der Waals surface area contributed by atoms with Crippen LogP contribution < -0.4 is 16.8 Å². The van der Waals surface area contributed by atoms with Gasteiger partial charge in [0.15, 0.2) is 0 Å². The molecule has 0 heterocycles. The van der Waals surface area contributed by atoms with Crippen LogP contribution in [-0.2, 0) is 4.79 Å². The number of carbonyl (C=O) groups is 2. The van der Waals surface area contributed by atoms with Gasteiger partial charge in [-0.1, -0.05) is 31.2 Å². The molecule has 1 rings (SSSR count). The molecule has 0 aromatic heterocycles. The number of hydrogen-bond donors (Lipinski definition) is 4. The Kier molecular flexibility index (Phi) is 13.3. The third kappa shape index (κ3) is 10.6. The number of primary amides is 1. The van der Waals surface area contributed by atoms with Crippen LogP contribution in [0.2, 0.25) is 0 Å². The molecule has 0 spiro atoms. The number of aliphatic imine (C=N–C) groups is 1. The first-order valence-corrected chi connectivity index (χ1v) is 9.42. The fraction of sp³-hybridized carbons (Fsp3) is 0.217. The minimum atomic E-state index is -0.583. The van der Waals surface area contributed by atoms with Gasteiger partial charge in [0.05, 0.1) is 0 Å². The summed E-state index contributed by atoms with van der Waals surface area (Å²) in [5.74, 6) is -1.22. The molecule has 1 aromatic rings. The maximum absolute atomic E-state index is 11.6. The van der Waals surface area contributed by atoms with Crippen molar-refractivity contribution in [3.8, 4) is 0 Å². The third-order valence-corrected chi connectivity index (χ3v) is 3.71. The second-order valence-electron chi connectivity index (χ2n) is 6.01. The van der Waals surface area contributed by atoms with E-state index in [1.807, 2.05) is 26.0 Å². The van der Waals surface area contributed by atoms with Crippen LogP contribution in [0.4, 0.5) is 5.69 Å². The lowest BCUT2D eigenvalue weighted by molar-refractivity contribution is -0.115. The van der Waals surface area contributed by atoms with Crippen LogP contribution >= 0.6 is 0 Å². The molecular weight excluding hydrogens is 378 g/mol. The van der Waals surface area contributed by atoms with Crippen molar-refractivity contribution in [2.24, 2.45) is 16.6 Å². The monoisotopic (exact) mass is 409 g/mol. The quantitative estimate of drug-likeness (QED) is 0.171. The van der Waals surface area contributed by atoms with E-state index in [0.717, 1.165) is 0 Å². The number of carbonyl (C=O) groups excluding carboxylic acids is 2. The lowest BCUT2D eigenvalue weighted by atomic mass is 9.95. The van der Waals surface area contributed by atoms with Crippen molar-refractivity contribution in [1.29, 1.82) is 5.41 Å². The molecule has 0 saturated heterocycles. The highest BCUT2D eigenvalue weighted by atomic mass is 16.1. The Morgan fingerprint density at radius 3 is 2.40 bits per heavy atom. The Bertz CT molecular complexity index is 860. The summed E-state index contributed by atoms with van der Waals surface area (Å²) in [5.41, 5.74) is 12.5. The van der Waals surface area contributed by atoms with E-state index in [2.05, 4.69) is 10.3 Å². The number of nitrogens with two attached hydrogens (primary N) is 2. The Balaban J connectivity index is 0.00000192. The minimum absolute atomic E-state index is 0.215. The van der Waals surface area contributed by atoms with E-state index >= 15 is 0 Å². The number of rotatable bonds is 8. The lowest BCUT2D eigenvalue weighted by Gasteiger charge is -2.12. The van der Waals surface area contributed by atoms with Crippen molar-refractivity contribution in [2.75, 3.05) is 5.73 Å². The smallest absolute Gasteiger partial charge is 0.248 e. The summed E-state index contributed by atoms with van der Waals surface area (Å²) in [5, 5.41) is 10.8. The SMILES string of the molecule is C/C=C\C.CC=N/C=C\C=C\C(=O)N/C=C/C(C)C(=N)c1cc(C(N)=O)ccc1N. The number of benzene rings is 1. The lowest BCUT2D eigenvalue weighted by Crippen LogP contribution is -2.17. The zero-order valence-corrected chi connectivity index (χ0v) is 17.9. The minimum Gasteiger partial charge on any atom is -0.398 e. The molecule has 0 aliphatic carbocycles. The molecule has 6 N–H and O–H groups in total. The molecule has 2 amide bonds. The number of hydrogen-bond acceptors (Lipinski definition) is 5. The van der Waals surface area contributed by atoms with E-state index in [1.165, 1.54) is 24.4 Å². The predicted octanol–water partition coefficient (Wildman–Crippen LogP) is 3.74. The zero-order valence-electron chi connectivity index (χ0n) is 17.9. The molecule has 0 radical (unpaired) electrons. The molecule has 0 aliphatic heterocycles. The summed E-state index contributed by atoms with van der Waals surface area (Å²) in [7, 11) is 0. The van der Waals surface area contributed by atoms with Crippen molar-refractivity contribution in [2.45, 2.75) is 27.7 Å². The van der Waals surface area contributed by atoms with Crippen molar-refractivity contribution in [1.82, 2.24) is 5.32 Å². The highest BCUT2D eigenvalue weighted by Crippen LogP contribution is 2.19. The Morgan fingerprint density at radius 1 is 1.17 bits per heavy atom. The van der Waals surface area contributed by atoms with Gasteiger partial charge in [0, 0.05) is 53.1 Å². The highest BCUT2D eigenvalue weighted by molar-refractivity contribution is 6.07. The number of nitrogens with zero attached hydrogens (tertiary/aromatic N) is 1. The predicted molar refractivity (Wildman–Crippen MR) is 126 cm³/mol. The maximum Gasteiger partial charge on any atom is 0.248 e. The molecule has 7 heteroatoms. The Morgan fingerprint density at radius 2 is 1.83 bits per heavy atom.